The first-order valence-electron chi connectivity index (χ1n) is 6.03. The molecule has 2 aromatic carbocycles. The first-order chi connectivity index (χ1) is 9.65. The fourth-order valence-electron chi connectivity index (χ4n) is 2.12. The Morgan fingerprint density at radius 3 is 2.60 bits per heavy atom. The lowest BCUT2D eigenvalue weighted by Gasteiger charge is -2.05. The van der Waals surface area contributed by atoms with Gasteiger partial charge in [0.05, 0.1) is 11.1 Å². The number of fused-ring (bicyclic) bond motifs is 1. The number of rotatable bonds is 2. The van der Waals surface area contributed by atoms with Crippen molar-refractivity contribution in [1.82, 2.24) is 4.98 Å². The van der Waals surface area contributed by atoms with Crippen LogP contribution in [0.15, 0.2) is 54.7 Å². The Labute approximate surface area is 114 Å². The zero-order valence-corrected chi connectivity index (χ0v) is 10.4. The van der Waals surface area contributed by atoms with Crippen LogP contribution in [0.25, 0.3) is 22.0 Å². The molecule has 0 atom stereocenters. The van der Waals surface area contributed by atoms with Crippen molar-refractivity contribution in [3.63, 3.8) is 0 Å². The Balaban J connectivity index is 2.15. The third-order valence-electron chi connectivity index (χ3n) is 3.13. The topological polar surface area (TPSA) is 50.2 Å². The zero-order chi connectivity index (χ0) is 14.1. The molecule has 0 amide bonds. The number of carboxylic acid groups (broad SMARTS) is 1. The number of aromatic nitrogens is 1. The summed E-state index contributed by atoms with van der Waals surface area (Å²) >= 11 is 0. The summed E-state index contributed by atoms with van der Waals surface area (Å²) in [7, 11) is 0. The second kappa shape index (κ2) is 4.74. The average Bonchev–Trinajstić information content (AvgIpc) is 2.47. The van der Waals surface area contributed by atoms with Crippen molar-refractivity contribution in [3.8, 4) is 11.1 Å². The van der Waals surface area contributed by atoms with Gasteiger partial charge in [0, 0.05) is 11.6 Å². The lowest BCUT2D eigenvalue weighted by Crippen LogP contribution is -2.00. The van der Waals surface area contributed by atoms with Crippen LogP contribution in [0.1, 0.15) is 10.4 Å². The van der Waals surface area contributed by atoms with E-state index in [1.807, 2.05) is 30.3 Å². The summed E-state index contributed by atoms with van der Waals surface area (Å²) in [6.45, 7) is 0. The molecule has 1 heterocycles. The molecule has 0 spiro atoms. The quantitative estimate of drug-likeness (QED) is 0.769. The van der Waals surface area contributed by atoms with E-state index in [1.54, 1.807) is 12.3 Å². The van der Waals surface area contributed by atoms with Gasteiger partial charge in [0.2, 0.25) is 0 Å². The predicted octanol–water partition coefficient (Wildman–Crippen LogP) is 3.74. The van der Waals surface area contributed by atoms with Crippen molar-refractivity contribution in [2.75, 3.05) is 0 Å². The molecular formula is C16H10FNO2. The number of carbonyl (C=O) groups is 1. The van der Waals surface area contributed by atoms with Crippen molar-refractivity contribution in [1.29, 1.82) is 0 Å². The molecule has 20 heavy (non-hydrogen) atoms. The van der Waals surface area contributed by atoms with Gasteiger partial charge in [-0.3, -0.25) is 4.98 Å². The number of pyridine rings is 1. The smallest absolute Gasteiger partial charge is 0.338 e. The van der Waals surface area contributed by atoms with Gasteiger partial charge >= 0.3 is 5.97 Å². The van der Waals surface area contributed by atoms with Crippen LogP contribution >= 0.6 is 0 Å². The molecule has 3 nitrogen and oxygen atoms in total. The molecule has 0 unspecified atom stereocenters. The predicted molar refractivity (Wildman–Crippen MR) is 74.1 cm³/mol. The molecule has 0 aliphatic rings. The molecule has 1 N–H and O–H groups in total. The van der Waals surface area contributed by atoms with Gasteiger partial charge in [-0.05, 0) is 41.5 Å². The molecule has 3 aromatic rings. The number of hydrogen-bond acceptors (Lipinski definition) is 2. The minimum Gasteiger partial charge on any atom is -0.478 e. The Kier molecular flexibility index (Phi) is 2.91. The summed E-state index contributed by atoms with van der Waals surface area (Å²) in [6, 6.07) is 13.4. The van der Waals surface area contributed by atoms with Gasteiger partial charge < -0.3 is 5.11 Å². The average molecular weight is 267 g/mol. The number of carboxylic acids is 1. The second-order valence-electron chi connectivity index (χ2n) is 4.41. The maximum Gasteiger partial charge on any atom is 0.338 e. The third kappa shape index (κ3) is 2.12. The van der Waals surface area contributed by atoms with E-state index in [1.165, 1.54) is 12.1 Å². The monoisotopic (exact) mass is 267 g/mol. The molecule has 0 saturated heterocycles. The lowest BCUT2D eigenvalue weighted by molar-refractivity contribution is 0.0692. The summed E-state index contributed by atoms with van der Waals surface area (Å²) in [4.78, 5) is 15.2. The Hall–Kier alpha value is -2.75. The maximum atomic E-state index is 13.4. The van der Waals surface area contributed by atoms with Crippen molar-refractivity contribution >= 4 is 16.9 Å². The van der Waals surface area contributed by atoms with E-state index in [0.717, 1.165) is 16.5 Å². The van der Waals surface area contributed by atoms with E-state index in [9.17, 15) is 9.18 Å². The van der Waals surface area contributed by atoms with E-state index >= 15 is 0 Å². The summed E-state index contributed by atoms with van der Waals surface area (Å²) < 4.78 is 13.4. The summed E-state index contributed by atoms with van der Waals surface area (Å²) in [5.74, 6) is -2.00. The zero-order valence-electron chi connectivity index (χ0n) is 10.4. The fraction of sp³-hybridized carbons (Fsp3) is 0. The molecule has 98 valence electrons. The summed E-state index contributed by atoms with van der Waals surface area (Å²) in [5, 5.41) is 9.91. The number of halogens is 1. The van der Waals surface area contributed by atoms with Gasteiger partial charge in [-0.1, -0.05) is 18.2 Å². The van der Waals surface area contributed by atoms with Crippen LogP contribution < -0.4 is 0 Å². The molecule has 1 aromatic heterocycles. The summed E-state index contributed by atoms with van der Waals surface area (Å²) in [5.41, 5.74) is 2.02. The van der Waals surface area contributed by atoms with E-state index in [-0.39, 0.29) is 5.56 Å². The number of hydrogen-bond donors (Lipinski definition) is 1. The molecule has 3 rings (SSSR count). The fourth-order valence-corrected chi connectivity index (χ4v) is 2.12. The van der Waals surface area contributed by atoms with Crippen LogP contribution in [0.3, 0.4) is 0 Å². The molecule has 0 aliphatic carbocycles. The molecule has 4 heteroatoms. The Bertz CT molecular complexity index is 814. The molecule has 0 fully saturated rings. The lowest BCUT2D eigenvalue weighted by atomic mass is 10.0. The van der Waals surface area contributed by atoms with E-state index in [4.69, 9.17) is 5.11 Å². The van der Waals surface area contributed by atoms with Gasteiger partial charge in [-0.15, -0.1) is 0 Å². The minimum absolute atomic E-state index is 0.325. The highest BCUT2D eigenvalue weighted by Crippen LogP contribution is 2.25. The second-order valence-corrected chi connectivity index (χ2v) is 4.41. The third-order valence-corrected chi connectivity index (χ3v) is 3.13. The minimum atomic E-state index is -1.27. The molecule has 0 radical (unpaired) electrons. The standard InChI is InChI=1S/C16H10FNO2/c17-14-5-3-11(9-13(14)16(19)20)10-4-6-15-12(8-10)2-1-7-18-15/h1-9H,(H,19,20). The Morgan fingerprint density at radius 2 is 1.80 bits per heavy atom. The van der Waals surface area contributed by atoms with E-state index < -0.39 is 11.8 Å². The molecule has 0 aliphatic heterocycles. The SMILES string of the molecule is O=C(O)c1cc(-c2ccc3ncccc3c2)ccc1F. The van der Waals surface area contributed by atoms with Crippen LogP contribution in [0, 0.1) is 5.82 Å². The first-order valence-corrected chi connectivity index (χ1v) is 6.03. The molecular weight excluding hydrogens is 257 g/mol. The van der Waals surface area contributed by atoms with Crippen LogP contribution in [-0.4, -0.2) is 16.1 Å². The molecule has 0 saturated carbocycles. The van der Waals surface area contributed by atoms with Gasteiger partial charge in [-0.25, -0.2) is 9.18 Å². The Morgan fingerprint density at radius 1 is 1.05 bits per heavy atom. The van der Waals surface area contributed by atoms with Gasteiger partial charge in [0.1, 0.15) is 5.82 Å². The normalized spacial score (nSPS) is 10.7. The summed E-state index contributed by atoms with van der Waals surface area (Å²) in [6.07, 6.45) is 1.71. The van der Waals surface area contributed by atoms with Gasteiger partial charge in [0.25, 0.3) is 0 Å². The van der Waals surface area contributed by atoms with Gasteiger partial charge in [0.15, 0.2) is 0 Å². The van der Waals surface area contributed by atoms with Crippen LogP contribution in [0.2, 0.25) is 0 Å². The van der Waals surface area contributed by atoms with Crippen molar-refractivity contribution in [2.45, 2.75) is 0 Å². The number of benzene rings is 2. The highest BCUT2D eigenvalue weighted by molar-refractivity contribution is 5.91. The number of nitrogens with zero attached hydrogens (tertiary/aromatic N) is 1. The van der Waals surface area contributed by atoms with Crippen LogP contribution in [0.4, 0.5) is 4.39 Å². The van der Waals surface area contributed by atoms with Crippen molar-refractivity contribution in [3.05, 3.63) is 66.1 Å². The largest absolute Gasteiger partial charge is 0.478 e. The van der Waals surface area contributed by atoms with Crippen LogP contribution in [0.5, 0.6) is 0 Å². The number of aromatic carboxylic acids is 1. The highest BCUT2D eigenvalue weighted by atomic mass is 19.1. The maximum absolute atomic E-state index is 13.4. The van der Waals surface area contributed by atoms with E-state index in [2.05, 4.69) is 4.98 Å². The van der Waals surface area contributed by atoms with Crippen LogP contribution in [-0.2, 0) is 0 Å². The first kappa shape index (κ1) is 12.3. The van der Waals surface area contributed by atoms with Crippen molar-refractivity contribution in [2.24, 2.45) is 0 Å². The molecule has 0 bridgehead atoms. The highest BCUT2D eigenvalue weighted by Gasteiger charge is 2.11. The van der Waals surface area contributed by atoms with Gasteiger partial charge in [-0.2, -0.15) is 0 Å². The van der Waals surface area contributed by atoms with E-state index in [0.29, 0.717) is 5.56 Å². The van der Waals surface area contributed by atoms with Crippen molar-refractivity contribution < 1.29 is 14.3 Å².